The summed E-state index contributed by atoms with van der Waals surface area (Å²) >= 11 is 0. The minimum atomic E-state index is -0.474. The topological polar surface area (TPSA) is 121 Å². The zero-order valence-corrected chi connectivity index (χ0v) is 13.9. The number of carbonyl (C=O) groups excluding carboxylic acids is 1. The molecule has 0 atom stereocenters. The monoisotopic (exact) mass is 339 g/mol. The normalized spacial score (nSPS) is 22.3. The Morgan fingerprint density at radius 3 is 2.68 bits per heavy atom. The predicted octanol–water partition coefficient (Wildman–Crippen LogP) is 1.02. The van der Waals surface area contributed by atoms with Gasteiger partial charge in [-0.2, -0.15) is 10.1 Å². The Bertz CT molecular complexity index is 805. The van der Waals surface area contributed by atoms with Crippen LogP contribution in [0.25, 0.3) is 0 Å². The number of hydrogen-bond donors (Lipinski definition) is 3. The Labute approximate surface area is 145 Å². The van der Waals surface area contributed by atoms with E-state index in [1.807, 2.05) is 29.2 Å². The summed E-state index contributed by atoms with van der Waals surface area (Å²) in [4.78, 5) is 22.3. The number of rotatable bonds is 2. The quantitative estimate of drug-likeness (QED) is 0.744. The van der Waals surface area contributed by atoms with Gasteiger partial charge < -0.3 is 11.5 Å². The molecule has 8 nitrogen and oxygen atoms in total. The van der Waals surface area contributed by atoms with Gasteiger partial charge in [-0.3, -0.25) is 9.69 Å². The van der Waals surface area contributed by atoms with Crippen molar-refractivity contribution in [3.8, 4) is 0 Å². The third-order valence-corrected chi connectivity index (χ3v) is 4.93. The number of hydrazone groups is 1. The van der Waals surface area contributed by atoms with E-state index >= 15 is 0 Å². The number of benzene rings is 1. The van der Waals surface area contributed by atoms with Crippen LogP contribution in [0.4, 0.5) is 5.69 Å². The number of nitrogens with zero attached hydrogens (tertiary/aromatic N) is 4. The van der Waals surface area contributed by atoms with E-state index in [-0.39, 0.29) is 18.3 Å². The van der Waals surface area contributed by atoms with Crippen molar-refractivity contribution in [3.05, 3.63) is 29.8 Å². The molecule has 0 saturated heterocycles. The van der Waals surface area contributed by atoms with Crippen LogP contribution in [0, 0.1) is 0 Å². The van der Waals surface area contributed by atoms with E-state index in [2.05, 4.69) is 20.5 Å². The Hall–Kier alpha value is -2.90. The molecule has 1 spiro atoms. The first-order valence-corrected chi connectivity index (χ1v) is 8.53. The molecule has 0 aromatic heterocycles. The van der Waals surface area contributed by atoms with Gasteiger partial charge in [0.2, 0.25) is 17.8 Å². The highest BCUT2D eigenvalue weighted by molar-refractivity contribution is 6.14. The first-order valence-electron chi connectivity index (χ1n) is 8.53. The van der Waals surface area contributed by atoms with Gasteiger partial charge in [-0.1, -0.05) is 18.6 Å². The Morgan fingerprint density at radius 1 is 1.16 bits per heavy atom. The molecule has 0 unspecified atom stereocenters. The van der Waals surface area contributed by atoms with Crippen molar-refractivity contribution >= 4 is 29.2 Å². The summed E-state index contributed by atoms with van der Waals surface area (Å²) in [7, 11) is 0. The summed E-state index contributed by atoms with van der Waals surface area (Å²) in [5, 5.41) is 4.10. The molecule has 25 heavy (non-hydrogen) atoms. The van der Waals surface area contributed by atoms with Crippen molar-refractivity contribution in [1.29, 1.82) is 0 Å². The van der Waals surface area contributed by atoms with E-state index in [9.17, 15) is 4.79 Å². The molecule has 2 heterocycles. The Morgan fingerprint density at radius 2 is 1.96 bits per heavy atom. The van der Waals surface area contributed by atoms with Crippen molar-refractivity contribution in [2.45, 2.75) is 44.2 Å². The van der Waals surface area contributed by atoms with E-state index in [0.29, 0.717) is 5.96 Å². The molecular formula is C17H21N7O. The maximum absolute atomic E-state index is 11.4. The molecule has 0 bridgehead atoms. The lowest BCUT2D eigenvalue weighted by molar-refractivity contribution is -0.119. The fourth-order valence-electron chi connectivity index (χ4n) is 3.85. The summed E-state index contributed by atoms with van der Waals surface area (Å²) < 4.78 is 0. The van der Waals surface area contributed by atoms with Gasteiger partial charge in [-0.15, -0.1) is 0 Å². The molecule has 2 aliphatic heterocycles. The van der Waals surface area contributed by atoms with Gasteiger partial charge in [-0.25, -0.2) is 10.4 Å². The van der Waals surface area contributed by atoms with E-state index in [1.165, 1.54) is 6.42 Å². The predicted molar refractivity (Wildman–Crippen MR) is 97.3 cm³/mol. The van der Waals surface area contributed by atoms with Gasteiger partial charge in [0.05, 0.1) is 12.1 Å². The molecule has 0 radical (unpaired) electrons. The molecular weight excluding hydrogens is 318 g/mol. The van der Waals surface area contributed by atoms with Gasteiger partial charge in [-0.05, 0) is 37.8 Å². The zero-order chi connectivity index (χ0) is 17.4. The maximum atomic E-state index is 11.4. The molecule has 3 aliphatic rings. The fraction of sp³-hybridized carbons (Fsp3) is 0.412. The molecule has 1 amide bonds. The highest BCUT2D eigenvalue weighted by Gasteiger charge is 2.42. The number of guanidine groups is 2. The van der Waals surface area contributed by atoms with Crippen LogP contribution in [0.3, 0.4) is 0 Å². The van der Waals surface area contributed by atoms with Crippen LogP contribution < -0.4 is 21.8 Å². The lowest BCUT2D eigenvalue weighted by atomic mass is 9.87. The van der Waals surface area contributed by atoms with E-state index in [1.54, 1.807) is 0 Å². The molecule has 1 aliphatic carbocycles. The summed E-state index contributed by atoms with van der Waals surface area (Å²) in [5.41, 5.74) is 16.7. The van der Waals surface area contributed by atoms with Crippen LogP contribution in [0.1, 0.15) is 44.1 Å². The minimum Gasteiger partial charge on any atom is -0.369 e. The number of anilines is 1. The molecule has 4 rings (SSSR count). The third kappa shape index (κ3) is 2.73. The lowest BCUT2D eigenvalue weighted by Crippen LogP contribution is -2.58. The van der Waals surface area contributed by atoms with Gasteiger partial charge in [0.25, 0.3) is 0 Å². The first-order chi connectivity index (χ1) is 12.1. The summed E-state index contributed by atoms with van der Waals surface area (Å²) in [6.07, 6.45) is 5.39. The van der Waals surface area contributed by atoms with Crippen LogP contribution in [0.15, 0.2) is 39.4 Å². The number of aliphatic imine (C=N–C) groups is 2. The SMILES string of the molecule is NC1=NC2(CCCCC2)N(c2cccc(C3=NNC(=O)C3)c2)C(N)=N1. The highest BCUT2D eigenvalue weighted by atomic mass is 16.2. The van der Waals surface area contributed by atoms with Crippen molar-refractivity contribution in [1.82, 2.24) is 5.43 Å². The molecule has 1 aromatic rings. The number of nitrogens with two attached hydrogens (primary N) is 2. The smallest absolute Gasteiger partial charge is 0.246 e. The molecule has 1 saturated carbocycles. The fourth-order valence-corrected chi connectivity index (χ4v) is 3.85. The number of amides is 1. The van der Waals surface area contributed by atoms with Gasteiger partial charge in [0.1, 0.15) is 5.66 Å². The molecule has 1 aromatic carbocycles. The van der Waals surface area contributed by atoms with Gasteiger partial charge in [0, 0.05) is 11.3 Å². The van der Waals surface area contributed by atoms with E-state index in [4.69, 9.17) is 11.5 Å². The van der Waals surface area contributed by atoms with Crippen LogP contribution in [0.5, 0.6) is 0 Å². The van der Waals surface area contributed by atoms with E-state index in [0.717, 1.165) is 42.6 Å². The maximum Gasteiger partial charge on any atom is 0.246 e. The van der Waals surface area contributed by atoms with Crippen molar-refractivity contribution in [2.75, 3.05) is 4.90 Å². The first kappa shape index (κ1) is 15.6. The third-order valence-electron chi connectivity index (χ3n) is 4.93. The number of nitrogens with one attached hydrogen (secondary N) is 1. The van der Waals surface area contributed by atoms with Crippen molar-refractivity contribution in [3.63, 3.8) is 0 Å². The van der Waals surface area contributed by atoms with E-state index < -0.39 is 5.66 Å². The van der Waals surface area contributed by atoms with Crippen LogP contribution in [-0.2, 0) is 4.79 Å². The second-order valence-corrected chi connectivity index (χ2v) is 6.64. The Kier molecular flexibility index (Phi) is 3.67. The summed E-state index contributed by atoms with van der Waals surface area (Å²) in [6, 6.07) is 7.82. The summed E-state index contributed by atoms with van der Waals surface area (Å²) in [6.45, 7) is 0. The van der Waals surface area contributed by atoms with Crippen LogP contribution >= 0.6 is 0 Å². The van der Waals surface area contributed by atoms with Gasteiger partial charge >= 0.3 is 0 Å². The average molecular weight is 339 g/mol. The van der Waals surface area contributed by atoms with Crippen molar-refractivity contribution < 1.29 is 4.79 Å². The standard InChI is InChI=1S/C17H21N7O/c18-15-20-16(19)24(17(21-15)7-2-1-3-8-17)12-6-4-5-11(9-12)13-10-14(25)23-22-13/h4-6,9H,1-3,7-8,10H2,(H,23,25)(H4,18,19,20,21). The van der Waals surface area contributed by atoms with Crippen molar-refractivity contribution in [2.24, 2.45) is 26.6 Å². The second-order valence-electron chi connectivity index (χ2n) is 6.64. The van der Waals surface area contributed by atoms with Crippen LogP contribution in [0.2, 0.25) is 0 Å². The average Bonchev–Trinajstić information content (AvgIpc) is 3.01. The molecule has 1 fully saturated rings. The van der Waals surface area contributed by atoms with Gasteiger partial charge in [0.15, 0.2) is 0 Å². The Balaban J connectivity index is 1.74. The summed E-state index contributed by atoms with van der Waals surface area (Å²) in [5.74, 6) is 0.497. The molecule has 8 heteroatoms. The largest absolute Gasteiger partial charge is 0.369 e. The highest BCUT2D eigenvalue weighted by Crippen LogP contribution is 2.39. The lowest BCUT2D eigenvalue weighted by Gasteiger charge is -2.45. The zero-order valence-electron chi connectivity index (χ0n) is 13.9. The molecule has 130 valence electrons. The minimum absolute atomic E-state index is 0.0967. The van der Waals surface area contributed by atoms with Crippen LogP contribution in [-0.4, -0.2) is 29.2 Å². The number of hydrogen-bond acceptors (Lipinski definition) is 7. The number of carbonyl (C=O) groups is 1. The molecule has 5 N–H and O–H groups in total. The second kappa shape index (κ2) is 5.87.